The average Bonchev–Trinajstić information content (AvgIpc) is 3.51. The van der Waals surface area contributed by atoms with Crippen molar-refractivity contribution in [3.8, 4) is 22.3 Å². The zero-order chi connectivity index (χ0) is 23.8. The number of halogens is 1. The zero-order valence-corrected chi connectivity index (χ0v) is 19.8. The molecule has 1 saturated heterocycles. The van der Waals surface area contributed by atoms with Crippen LogP contribution in [0.2, 0.25) is 0 Å². The summed E-state index contributed by atoms with van der Waals surface area (Å²) >= 11 is 0. The molecule has 0 bridgehead atoms. The van der Waals surface area contributed by atoms with Crippen molar-refractivity contribution in [3.05, 3.63) is 96.3 Å². The minimum atomic E-state index is -0.232. The molecule has 0 saturated carbocycles. The van der Waals surface area contributed by atoms with Gasteiger partial charge in [0.15, 0.2) is 0 Å². The molecule has 5 nitrogen and oxygen atoms in total. The molecule has 0 atom stereocenters. The number of fused-ring (bicyclic) bond motifs is 1. The van der Waals surface area contributed by atoms with E-state index in [4.69, 9.17) is 0 Å². The number of piperidine rings is 1. The van der Waals surface area contributed by atoms with Crippen molar-refractivity contribution in [2.75, 3.05) is 20.1 Å². The zero-order valence-electron chi connectivity index (χ0n) is 19.8. The van der Waals surface area contributed by atoms with Gasteiger partial charge >= 0.3 is 0 Å². The van der Waals surface area contributed by atoms with Crippen molar-refractivity contribution in [3.63, 3.8) is 0 Å². The molecule has 3 aromatic heterocycles. The van der Waals surface area contributed by atoms with Gasteiger partial charge in [-0.05, 0) is 73.8 Å². The predicted molar refractivity (Wildman–Crippen MR) is 138 cm³/mol. The van der Waals surface area contributed by atoms with E-state index in [9.17, 15) is 4.39 Å². The highest BCUT2D eigenvalue weighted by Gasteiger charge is 2.18. The monoisotopic (exact) mass is 465 g/mol. The van der Waals surface area contributed by atoms with Gasteiger partial charge in [0.25, 0.3) is 0 Å². The Labute approximate surface area is 204 Å². The number of nitrogens with zero attached hydrogens (tertiary/aromatic N) is 4. The van der Waals surface area contributed by atoms with Crippen LogP contribution in [0.5, 0.6) is 0 Å². The molecule has 2 aromatic carbocycles. The van der Waals surface area contributed by atoms with E-state index in [0.717, 1.165) is 33.3 Å². The molecule has 0 amide bonds. The van der Waals surface area contributed by atoms with Crippen LogP contribution in [0.4, 0.5) is 4.39 Å². The quantitative estimate of drug-likeness (QED) is 0.342. The van der Waals surface area contributed by atoms with E-state index < -0.39 is 0 Å². The minimum Gasteiger partial charge on any atom is -0.346 e. The molecule has 35 heavy (non-hydrogen) atoms. The molecular formula is C29H28FN5. The summed E-state index contributed by atoms with van der Waals surface area (Å²) in [7, 11) is 2.20. The number of H-pyrrole nitrogens is 1. The van der Waals surface area contributed by atoms with Crippen LogP contribution < -0.4 is 0 Å². The first-order valence-corrected chi connectivity index (χ1v) is 12.2. The maximum Gasteiger partial charge on any atom is 0.137 e. The number of benzene rings is 2. The van der Waals surface area contributed by atoms with Crippen molar-refractivity contribution >= 4 is 11.0 Å². The summed E-state index contributed by atoms with van der Waals surface area (Å²) in [4.78, 5) is 10.4. The summed E-state index contributed by atoms with van der Waals surface area (Å²) in [5.74, 6) is 0.422. The molecule has 0 radical (unpaired) electrons. The maximum absolute atomic E-state index is 13.5. The van der Waals surface area contributed by atoms with Gasteiger partial charge in [-0.25, -0.2) is 9.37 Å². The lowest BCUT2D eigenvalue weighted by atomic mass is 9.89. The van der Waals surface area contributed by atoms with E-state index >= 15 is 0 Å². The van der Waals surface area contributed by atoms with Crippen LogP contribution in [-0.2, 0) is 6.54 Å². The van der Waals surface area contributed by atoms with Crippen LogP contribution in [0.25, 0.3) is 33.3 Å². The molecule has 0 unspecified atom stereocenters. The summed E-state index contributed by atoms with van der Waals surface area (Å²) < 4.78 is 15.4. The Morgan fingerprint density at radius 3 is 2.60 bits per heavy atom. The van der Waals surface area contributed by atoms with Crippen LogP contribution in [0.1, 0.15) is 29.9 Å². The average molecular weight is 466 g/mol. The number of rotatable bonds is 5. The first kappa shape index (κ1) is 21.7. The normalized spacial score (nSPS) is 15.1. The van der Waals surface area contributed by atoms with Crippen molar-refractivity contribution in [2.45, 2.75) is 25.3 Å². The number of hydrogen-bond acceptors (Lipinski definition) is 3. The fourth-order valence-corrected chi connectivity index (χ4v) is 5.10. The summed E-state index contributed by atoms with van der Waals surface area (Å²) in [5, 5.41) is 5.56. The third kappa shape index (κ3) is 4.49. The second-order valence-corrected chi connectivity index (χ2v) is 9.58. The highest BCUT2D eigenvalue weighted by Crippen LogP contribution is 2.33. The number of aromatic nitrogens is 4. The van der Waals surface area contributed by atoms with Gasteiger partial charge in [0.1, 0.15) is 11.5 Å². The number of aromatic amines is 1. The van der Waals surface area contributed by atoms with Gasteiger partial charge in [0.2, 0.25) is 0 Å². The lowest BCUT2D eigenvalue weighted by molar-refractivity contribution is 0.255. The van der Waals surface area contributed by atoms with Crippen LogP contribution in [0.15, 0.2) is 79.4 Å². The number of hydrogen-bond donors (Lipinski definition) is 1. The van der Waals surface area contributed by atoms with Gasteiger partial charge < -0.3 is 9.88 Å². The molecule has 6 heteroatoms. The highest BCUT2D eigenvalue weighted by molar-refractivity contribution is 5.95. The van der Waals surface area contributed by atoms with Crippen molar-refractivity contribution in [1.29, 1.82) is 0 Å². The lowest BCUT2D eigenvalue weighted by Gasteiger charge is -2.29. The maximum atomic E-state index is 13.5. The topological polar surface area (TPSA) is 49.7 Å². The Bertz CT molecular complexity index is 1460. The Balaban J connectivity index is 1.25. The predicted octanol–water partition coefficient (Wildman–Crippen LogP) is 6.09. The molecule has 5 aromatic rings. The molecule has 176 valence electrons. The van der Waals surface area contributed by atoms with Crippen LogP contribution in [0.3, 0.4) is 0 Å². The molecule has 1 fully saturated rings. The van der Waals surface area contributed by atoms with Crippen molar-refractivity contribution < 1.29 is 4.39 Å². The van der Waals surface area contributed by atoms with E-state index in [1.54, 1.807) is 12.1 Å². The Hall–Kier alpha value is -3.77. The first-order chi connectivity index (χ1) is 17.1. The number of likely N-dealkylation sites (tertiary alicyclic amines) is 1. The standard InChI is InChI=1S/C29H28FN5/c1-34-11-9-23(10-12-34)21-5-7-22(8-6-21)24-14-27-28(17-32-29(27)31-15-24)25-16-33-35(19-25)18-20-3-2-4-26(30)13-20/h2-8,13-17,19,23H,9-12,18H2,1H3,(H,31,32). The van der Waals surface area contributed by atoms with Gasteiger partial charge in [0.05, 0.1) is 12.7 Å². The minimum absolute atomic E-state index is 0.232. The molecule has 1 N–H and O–H groups in total. The number of pyridine rings is 1. The summed E-state index contributed by atoms with van der Waals surface area (Å²) in [6.07, 6.45) is 10.2. The van der Waals surface area contributed by atoms with E-state index in [1.165, 1.54) is 43.1 Å². The third-order valence-corrected chi connectivity index (χ3v) is 7.14. The summed E-state index contributed by atoms with van der Waals surface area (Å²) in [6.45, 7) is 2.86. The molecule has 6 rings (SSSR count). The van der Waals surface area contributed by atoms with Gasteiger partial charge in [-0.1, -0.05) is 36.4 Å². The van der Waals surface area contributed by atoms with Crippen LogP contribution in [-0.4, -0.2) is 44.8 Å². The Kier molecular flexibility index (Phi) is 5.66. The third-order valence-electron chi connectivity index (χ3n) is 7.14. The van der Waals surface area contributed by atoms with E-state index in [1.807, 2.05) is 35.5 Å². The van der Waals surface area contributed by atoms with Gasteiger partial charge in [0, 0.05) is 40.7 Å². The molecule has 1 aliphatic heterocycles. The SMILES string of the molecule is CN1CCC(c2ccc(-c3cnc4[nH]cc(-c5cnn(Cc6cccc(F)c6)c5)c4c3)cc2)CC1. The number of nitrogens with one attached hydrogen (secondary N) is 1. The fourth-order valence-electron chi connectivity index (χ4n) is 5.10. The van der Waals surface area contributed by atoms with Crippen LogP contribution in [0, 0.1) is 5.82 Å². The van der Waals surface area contributed by atoms with E-state index in [0.29, 0.717) is 12.5 Å². The van der Waals surface area contributed by atoms with E-state index in [-0.39, 0.29) is 5.82 Å². The summed E-state index contributed by atoms with van der Waals surface area (Å²) in [6, 6.07) is 17.8. The van der Waals surface area contributed by atoms with Gasteiger partial charge in [-0.15, -0.1) is 0 Å². The molecule has 4 heterocycles. The van der Waals surface area contributed by atoms with Gasteiger partial charge in [-0.3, -0.25) is 4.68 Å². The van der Waals surface area contributed by atoms with Crippen LogP contribution >= 0.6 is 0 Å². The lowest BCUT2D eigenvalue weighted by Crippen LogP contribution is -2.29. The Morgan fingerprint density at radius 2 is 1.80 bits per heavy atom. The second-order valence-electron chi connectivity index (χ2n) is 9.58. The second kappa shape index (κ2) is 9.12. The largest absolute Gasteiger partial charge is 0.346 e. The molecule has 0 spiro atoms. The summed E-state index contributed by atoms with van der Waals surface area (Å²) in [5.41, 5.74) is 7.50. The van der Waals surface area contributed by atoms with Crippen molar-refractivity contribution in [2.24, 2.45) is 0 Å². The van der Waals surface area contributed by atoms with E-state index in [2.05, 4.69) is 57.3 Å². The molecular weight excluding hydrogens is 437 g/mol. The van der Waals surface area contributed by atoms with Crippen molar-refractivity contribution in [1.82, 2.24) is 24.6 Å². The molecule has 0 aliphatic carbocycles. The Morgan fingerprint density at radius 1 is 0.971 bits per heavy atom. The fraction of sp³-hybridized carbons (Fsp3) is 0.241. The van der Waals surface area contributed by atoms with Gasteiger partial charge in [-0.2, -0.15) is 5.10 Å². The molecule has 1 aliphatic rings. The smallest absolute Gasteiger partial charge is 0.137 e. The first-order valence-electron chi connectivity index (χ1n) is 12.2. The highest BCUT2D eigenvalue weighted by atomic mass is 19.1.